The van der Waals surface area contributed by atoms with Crippen molar-refractivity contribution >= 4 is 17.5 Å². The van der Waals surface area contributed by atoms with E-state index in [0.717, 1.165) is 42.0 Å². The number of hydrogen-bond donors (Lipinski definition) is 3. The number of aromatic amines is 1. The lowest BCUT2D eigenvalue weighted by Crippen LogP contribution is -2.23. The number of H-pyrrole nitrogens is 1. The van der Waals surface area contributed by atoms with E-state index in [1.807, 2.05) is 48.8 Å². The first-order chi connectivity index (χ1) is 13.1. The molecule has 6 heteroatoms. The normalized spacial score (nSPS) is 12.0. The van der Waals surface area contributed by atoms with Gasteiger partial charge in [0.1, 0.15) is 0 Å². The van der Waals surface area contributed by atoms with Crippen LogP contribution in [0, 0.1) is 0 Å². The Morgan fingerprint density at radius 2 is 1.93 bits per heavy atom. The van der Waals surface area contributed by atoms with Crippen molar-refractivity contribution in [2.75, 3.05) is 6.54 Å². The molecule has 1 aromatic heterocycles. The molecule has 0 spiro atoms. The van der Waals surface area contributed by atoms with Crippen LogP contribution >= 0.6 is 11.6 Å². The number of aryl methyl sites for hydroxylation is 1. The van der Waals surface area contributed by atoms with E-state index in [1.54, 1.807) is 12.1 Å². The number of carbonyl (C=O) groups is 1. The summed E-state index contributed by atoms with van der Waals surface area (Å²) >= 11 is 6.39. The van der Waals surface area contributed by atoms with Gasteiger partial charge in [0.15, 0.2) is 0 Å². The van der Waals surface area contributed by atoms with Gasteiger partial charge in [-0.15, -0.1) is 0 Å². The lowest BCUT2D eigenvalue weighted by Gasteiger charge is -2.19. The van der Waals surface area contributed by atoms with E-state index in [2.05, 4.69) is 15.5 Å². The predicted molar refractivity (Wildman–Crippen MR) is 108 cm³/mol. The van der Waals surface area contributed by atoms with Crippen molar-refractivity contribution in [1.29, 1.82) is 0 Å². The molecule has 1 unspecified atom stereocenters. The van der Waals surface area contributed by atoms with Crippen molar-refractivity contribution in [3.8, 4) is 0 Å². The minimum Gasteiger partial charge on any atom is -0.366 e. The van der Waals surface area contributed by atoms with E-state index in [0.29, 0.717) is 5.56 Å². The summed E-state index contributed by atoms with van der Waals surface area (Å²) < 4.78 is 0. The van der Waals surface area contributed by atoms with E-state index >= 15 is 0 Å². The predicted octanol–water partition coefficient (Wildman–Crippen LogP) is 3.86. The van der Waals surface area contributed by atoms with Crippen LogP contribution in [-0.2, 0) is 6.42 Å². The number of nitrogens with one attached hydrogen (secondary N) is 2. The first-order valence-corrected chi connectivity index (χ1v) is 9.38. The molecule has 140 valence electrons. The lowest BCUT2D eigenvalue weighted by atomic mass is 10.0. The number of rotatable bonds is 9. The SMILES string of the molecule is NC(=O)c1ccc(CCCCNC(c2cn[nH]c2)c2ccccc2Cl)cc1. The average molecular weight is 383 g/mol. The number of benzene rings is 2. The van der Waals surface area contributed by atoms with Gasteiger partial charge >= 0.3 is 0 Å². The number of hydrogen-bond acceptors (Lipinski definition) is 3. The summed E-state index contributed by atoms with van der Waals surface area (Å²) in [5.74, 6) is -0.393. The summed E-state index contributed by atoms with van der Waals surface area (Å²) in [6.45, 7) is 0.862. The van der Waals surface area contributed by atoms with Crippen LogP contribution in [0.1, 0.15) is 45.9 Å². The summed E-state index contributed by atoms with van der Waals surface area (Å²) in [4.78, 5) is 11.1. The molecule has 3 aromatic rings. The number of nitrogens with zero attached hydrogens (tertiary/aromatic N) is 1. The highest BCUT2D eigenvalue weighted by molar-refractivity contribution is 6.31. The summed E-state index contributed by atoms with van der Waals surface area (Å²) in [6, 6.07) is 15.4. The number of nitrogens with two attached hydrogens (primary N) is 1. The molecule has 0 aliphatic heterocycles. The number of primary amides is 1. The molecule has 0 bridgehead atoms. The third kappa shape index (κ3) is 5.18. The van der Waals surface area contributed by atoms with Crippen molar-refractivity contribution in [1.82, 2.24) is 15.5 Å². The zero-order chi connectivity index (χ0) is 19.1. The minimum atomic E-state index is -0.393. The number of carbonyl (C=O) groups excluding carboxylic acids is 1. The largest absolute Gasteiger partial charge is 0.366 e. The topological polar surface area (TPSA) is 83.8 Å². The zero-order valence-corrected chi connectivity index (χ0v) is 15.7. The molecule has 0 radical (unpaired) electrons. The van der Waals surface area contributed by atoms with Gasteiger partial charge in [0.2, 0.25) is 5.91 Å². The van der Waals surface area contributed by atoms with Gasteiger partial charge in [0.05, 0.1) is 12.2 Å². The molecule has 2 aromatic carbocycles. The van der Waals surface area contributed by atoms with Crippen LogP contribution in [0.2, 0.25) is 5.02 Å². The van der Waals surface area contributed by atoms with Gasteiger partial charge in [-0.1, -0.05) is 41.9 Å². The van der Waals surface area contributed by atoms with Gasteiger partial charge in [0.25, 0.3) is 0 Å². The molecule has 3 rings (SSSR count). The Balaban J connectivity index is 1.53. The van der Waals surface area contributed by atoms with Crippen molar-refractivity contribution in [2.24, 2.45) is 5.73 Å². The Hall–Kier alpha value is -2.63. The smallest absolute Gasteiger partial charge is 0.248 e. The van der Waals surface area contributed by atoms with Crippen LogP contribution in [-0.4, -0.2) is 22.6 Å². The fourth-order valence-corrected chi connectivity index (χ4v) is 3.32. The lowest BCUT2D eigenvalue weighted by molar-refractivity contribution is 0.100. The van der Waals surface area contributed by atoms with Crippen molar-refractivity contribution in [3.05, 3.63) is 88.2 Å². The van der Waals surface area contributed by atoms with Crippen molar-refractivity contribution < 1.29 is 4.79 Å². The Bertz CT molecular complexity index is 862. The first kappa shape index (κ1) is 19.1. The third-order valence-corrected chi connectivity index (χ3v) is 4.89. The van der Waals surface area contributed by atoms with Gasteiger partial charge in [-0.05, 0) is 55.1 Å². The van der Waals surface area contributed by atoms with Gasteiger partial charge in [0, 0.05) is 22.3 Å². The minimum absolute atomic E-state index is 0.00676. The quantitative estimate of drug-likeness (QED) is 0.491. The van der Waals surface area contributed by atoms with Crippen LogP contribution in [0.15, 0.2) is 60.9 Å². The Labute approximate surface area is 163 Å². The van der Waals surface area contributed by atoms with Crippen molar-refractivity contribution in [2.45, 2.75) is 25.3 Å². The molecule has 27 heavy (non-hydrogen) atoms. The molecule has 0 saturated heterocycles. The molecule has 0 saturated carbocycles. The Morgan fingerprint density at radius 1 is 1.15 bits per heavy atom. The molecular formula is C21H23ClN4O. The Morgan fingerprint density at radius 3 is 2.59 bits per heavy atom. The molecule has 1 heterocycles. The number of amides is 1. The highest BCUT2D eigenvalue weighted by Crippen LogP contribution is 2.27. The fourth-order valence-electron chi connectivity index (χ4n) is 3.07. The Kier molecular flexibility index (Phi) is 6.63. The average Bonchev–Trinajstić information content (AvgIpc) is 3.20. The molecule has 1 amide bonds. The molecule has 1 atom stereocenters. The van der Waals surface area contributed by atoms with Gasteiger partial charge in [-0.25, -0.2) is 0 Å². The highest BCUT2D eigenvalue weighted by Gasteiger charge is 2.16. The molecule has 0 aliphatic carbocycles. The van der Waals surface area contributed by atoms with E-state index in [-0.39, 0.29) is 6.04 Å². The molecule has 4 N–H and O–H groups in total. The van der Waals surface area contributed by atoms with Gasteiger partial charge in [-0.2, -0.15) is 5.10 Å². The van der Waals surface area contributed by atoms with Gasteiger partial charge < -0.3 is 11.1 Å². The number of halogens is 1. The van der Waals surface area contributed by atoms with Crippen LogP contribution in [0.4, 0.5) is 0 Å². The molecule has 0 fully saturated rings. The van der Waals surface area contributed by atoms with E-state index in [1.165, 1.54) is 5.56 Å². The zero-order valence-electron chi connectivity index (χ0n) is 15.0. The second-order valence-electron chi connectivity index (χ2n) is 6.46. The fraction of sp³-hybridized carbons (Fsp3) is 0.238. The van der Waals surface area contributed by atoms with E-state index in [9.17, 15) is 4.79 Å². The molecule has 0 aliphatic rings. The first-order valence-electron chi connectivity index (χ1n) is 9.00. The maximum atomic E-state index is 11.1. The maximum absolute atomic E-state index is 11.1. The monoisotopic (exact) mass is 382 g/mol. The second-order valence-corrected chi connectivity index (χ2v) is 6.87. The third-order valence-electron chi connectivity index (χ3n) is 4.55. The number of unbranched alkanes of at least 4 members (excludes halogenated alkanes) is 1. The van der Waals surface area contributed by atoms with Crippen LogP contribution in [0.25, 0.3) is 0 Å². The summed E-state index contributed by atoms with van der Waals surface area (Å²) in [5.41, 5.74) is 9.12. The molecule has 5 nitrogen and oxygen atoms in total. The standard InChI is InChI=1S/C21H23ClN4O/c22-19-7-2-1-6-18(19)20(17-13-25-26-14-17)24-12-4-3-5-15-8-10-16(11-9-15)21(23)27/h1-2,6-11,13-14,20,24H,3-5,12H2,(H2,23,27)(H,25,26). The maximum Gasteiger partial charge on any atom is 0.248 e. The molecular weight excluding hydrogens is 360 g/mol. The van der Waals surface area contributed by atoms with Crippen molar-refractivity contribution in [3.63, 3.8) is 0 Å². The number of aromatic nitrogens is 2. The van der Waals surface area contributed by atoms with Crippen LogP contribution in [0.3, 0.4) is 0 Å². The van der Waals surface area contributed by atoms with Crippen LogP contribution in [0.5, 0.6) is 0 Å². The summed E-state index contributed by atoms with van der Waals surface area (Å²) in [7, 11) is 0. The summed E-state index contributed by atoms with van der Waals surface area (Å²) in [5, 5.41) is 11.3. The van der Waals surface area contributed by atoms with Crippen LogP contribution < -0.4 is 11.1 Å². The summed E-state index contributed by atoms with van der Waals surface area (Å²) in [6.07, 6.45) is 6.74. The van der Waals surface area contributed by atoms with E-state index in [4.69, 9.17) is 17.3 Å². The van der Waals surface area contributed by atoms with Gasteiger partial charge in [-0.3, -0.25) is 9.89 Å². The second kappa shape index (κ2) is 9.35. The highest BCUT2D eigenvalue weighted by atomic mass is 35.5. The van der Waals surface area contributed by atoms with E-state index < -0.39 is 5.91 Å².